The molecule has 1 unspecified atom stereocenters. The Morgan fingerprint density at radius 1 is 1.50 bits per heavy atom. The fourth-order valence-corrected chi connectivity index (χ4v) is 2.46. The maximum Gasteiger partial charge on any atom is 0.225 e. The van der Waals surface area contributed by atoms with Gasteiger partial charge in [-0.05, 0) is 25.8 Å². The summed E-state index contributed by atoms with van der Waals surface area (Å²) in [5.74, 6) is 0.724. The lowest BCUT2D eigenvalue weighted by Crippen LogP contribution is -2.38. The SMILES string of the molecule is Cc1ccnc(N2CCC(S(=O)O)CC2)n1. The monoisotopic (exact) mass is 241 g/mol. The first kappa shape index (κ1) is 11.5. The predicted molar refractivity (Wildman–Crippen MR) is 62.8 cm³/mol. The van der Waals surface area contributed by atoms with Crippen molar-refractivity contribution in [2.75, 3.05) is 18.0 Å². The van der Waals surface area contributed by atoms with Crippen LogP contribution in [0.3, 0.4) is 0 Å². The van der Waals surface area contributed by atoms with E-state index in [9.17, 15) is 4.21 Å². The molecule has 5 nitrogen and oxygen atoms in total. The van der Waals surface area contributed by atoms with Gasteiger partial charge in [-0.3, -0.25) is 0 Å². The van der Waals surface area contributed by atoms with Crippen LogP contribution in [0.4, 0.5) is 5.95 Å². The summed E-state index contributed by atoms with van der Waals surface area (Å²) in [5.41, 5.74) is 0.942. The lowest BCUT2D eigenvalue weighted by Gasteiger charge is -2.30. The maximum absolute atomic E-state index is 10.9. The number of anilines is 1. The van der Waals surface area contributed by atoms with Gasteiger partial charge in [0, 0.05) is 25.0 Å². The normalized spacial score (nSPS) is 19.8. The molecule has 2 rings (SSSR count). The Labute approximate surface area is 97.2 Å². The number of rotatable bonds is 2. The zero-order valence-electron chi connectivity index (χ0n) is 9.17. The van der Waals surface area contributed by atoms with Gasteiger partial charge in [0.05, 0.1) is 5.25 Å². The highest BCUT2D eigenvalue weighted by Crippen LogP contribution is 2.18. The van der Waals surface area contributed by atoms with E-state index in [-0.39, 0.29) is 5.25 Å². The van der Waals surface area contributed by atoms with E-state index in [1.54, 1.807) is 6.20 Å². The molecule has 1 aliphatic heterocycles. The van der Waals surface area contributed by atoms with Crippen LogP contribution in [0.2, 0.25) is 0 Å². The summed E-state index contributed by atoms with van der Waals surface area (Å²) >= 11 is -1.70. The molecule has 0 aromatic carbocycles. The van der Waals surface area contributed by atoms with Gasteiger partial charge < -0.3 is 9.45 Å². The third-order valence-corrected chi connectivity index (χ3v) is 3.83. The number of aromatic nitrogens is 2. The number of piperidine rings is 1. The minimum absolute atomic E-state index is 0.0962. The van der Waals surface area contributed by atoms with Gasteiger partial charge in [0.15, 0.2) is 11.1 Å². The van der Waals surface area contributed by atoms with Crippen molar-refractivity contribution in [3.8, 4) is 0 Å². The molecular formula is C10H15N3O2S. The van der Waals surface area contributed by atoms with Crippen molar-refractivity contribution in [3.63, 3.8) is 0 Å². The molecule has 0 amide bonds. The second-order valence-corrected chi connectivity index (χ2v) is 5.18. The fourth-order valence-electron chi connectivity index (χ4n) is 1.85. The average molecular weight is 241 g/mol. The lowest BCUT2D eigenvalue weighted by atomic mass is 10.1. The third-order valence-electron chi connectivity index (χ3n) is 2.79. The summed E-state index contributed by atoms with van der Waals surface area (Å²) in [7, 11) is 0. The Balaban J connectivity index is 2.01. The van der Waals surface area contributed by atoms with Crippen molar-refractivity contribution in [2.45, 2.75) is 25.0 Å². The first-order chi connectivity index (χ1) is 7.66. The van der Waals surface area contributed by atoms with Gasteiger partial charge >= 0.3 is 0 Å². The zero-order chi connectivity index (χ0) is 11.5. The van der Waals surface area contributed by atoms with Crippen LogP contribution in [0, 0.1) is 6.92 Å². The van der Waals surface area contributed by atoms with E-state index in [1.807, 2.05) is 13.0 Å². The van der Waals surface area contributed by atoms with Crippen LogP contribution in [-0.2, 0) is 11.1 Å². The van der Waals surface area contributed by atoms with E-state index in [1.165, 1.54) is 0 Å². The number of hydrogen-bond acceptors (Lipinski definition) is 4. The van der Waals surface area contributed by atoms with Gasteiger partial charge in [-0.2, -0.15) is 0 Å². The van der Waals surface area contributed by atoms with Crippen LogP contribution in [-0.4, -0.2) is 37.1 Å². The van der Waals surface area contributed by atoms with Crippen LogP contribution < -0.4 is 4.90 Å². The van der Waals surface area contributed by atoms with E-state index in [4.69, 9.17) is 4.55 Å². The molecule has 1 saturated heterocycles. The van der Waals surface area contributed by atoms with Gasteiger partial charge in [0.1, 0.15) is 0 Å². The van der Waals surface area contributed by atoms with Gasteiger partial charge in [-0.1, -0.05) is 0 Å². The third kappa shape index (κ3) is 2.56. The molecule has 88 valence electrons. The smallest absolute Gasteiger partial charge is 0.225 e. The second kappa shape index (κ2) is 4.88. The molecule has 1 aromatic rings. The Kier molecular flexibility index (Phi) is 3.50. The molecule has 1 fully saturated rings. The van der Waals surface area contributed by atoms with Crippen molar-refractivity contribution in [3.05, 3.63) is 18.0 Å². The van der Waals surface area contributed by atoms with Crippen LogP contribution in [0.15, 0.2) is 12.3 Å². The molecule has 0 aliphatic carbocycles. The first-order valence-corrected chi connectivity index (χ1v) is 6.48. The van der Waals surface area contributed by atoms with Gasteiger partial charge in [-0.25, -0.2) is 14.2 Å². The first-order valence-electron chi connectivity index (χ1n) is 5.31. The fraction of sp³-hybridized carbons (Fsp3) is 0.600. The quantitative estimate of drug-likeness (QED) is 0.782. The second-order valence-electron chi connectivity index (χ2n) is 3.96. The topological polar surface area (TPSA) is 66.3 Å². The summed E-state index contributed by atoms with van der Waals surface area (Å²) in [4.78, 5) is 10.6. The molecule has 16 heavy (non-hydrogen) atoms. The Morgan fingerprint density at radius 3 is 2.75 bits per heavy atom. The number of aryl methyl sites for hydroxylation is 1. The Bertz CT molecular complexity index is 391. The van der Waals surface area contributed by atoms with Crippen molar-refractivity contribution in [2.24, 2.45) is 0 Å². The molecule has 1 atom stereocenters. The predicted octanol–water partition coefficient (Wildman–Crippen LogP) is 0.976. The van der Waals surface area contributed by atoms with Crippen LogP contribution in [0.25, 0.3) is 0 Å². The van der Waals surface area contributed by atoms with E-state index in [0.29, 0.717) is 0 Å². The lowest BCUT2D eigenvalue weighted by molar-refractivity contribution is 0.505. The maximum atomic E-state index is 10.9. The molecular weight excluding hydrogens is 226 g/mol. The average Bonchev–Trinajstić information content (AvgIpc) is 2.29. The molecule has 0 radical (unpaired) electrons. The molecule has 0 bridgehead atoms. The van der Waals surface area contributed by atoms with E-state index in [2.05, 4.69) is 14.9 Å². The molecule has 1 N–H and O–H groups in total. The van der Waals surface area contributed by atoms with Crippen molar-refractivity contribution in [1.29, 1.82) is 0 Å². The van der Waals surface area contributed by atoms with E-state index < -0.39 is 11.1 Å². The van der Waals surface area contributed by atoms with Crippen LogP contribution in [0.1, 0.15) is 18.5 Å². The Morgan fingerprint density at radius 2 is 2.19 bits per heavy atom. The molecule has 1 aromatic heterocycles. The molecule has 0 saturated carbocycles. The number of hydrogen-bond donors (Lipinski definition) is 1. The molecule has 0 spiro atoms. The van der Waals surface area contributed by atoms with E-state index >= 15 is 0 Å². The largest absolute Gasteiger partial charge is 0.341 e. The van der Waals surface area contributed by atoms with Crippen LogP contribution >= 0.6 is 0 Å². The summed E-state index contributed by atoms with van der Waals surface area (Å²) in [6.07, 6.45) is 3.19. The summed E-state index contributed by atoms with van der Waals surface area (Å²) in [6.45, 7) is 3.43. The van der Waals surface area contributed by atoms with Gasteiger partial charge in [-0.15, -0.1) is 0 Å². The minimum atomic E-state index is -1.70. The van der Waals surface area contributed by atoms with E-state index in [0.717, 1.165) is 37.6 Å². The van der Waals surface area contributed by atoms with Crippen molar-refractivity contribution < 1.29 is 8.76 Å². The Hall–Kier alpha value is -1.01. The summed E-state index contributed by atoms with van der Waals surface area (Å²) in [6, 6.07) is 1.86. The highest BCUT2D eigenvalue weighted by molar-refractivity contribution is 7.79. The van der Waals surface area contributed by atoms with Crippen molar-refractivity contribution in [1.82, 2.24) is 9.97 Å². The summed E-state index contributed by atoms with van der Waals surface area (Å²) in [5, 5.41) is -0.0962. The van der Waals surface area contributed by atoms with Crippen LogP contribution in [0.5, 0.6) is 0 Å². The zero-order valence-corrected chi connectivity index (χ0v) is 9.98. The summed E-state index contributed by atoms with van der Waals surface area (Å²) < 4.78 is 19.9. The standard InChI is InChI=1S/C10H15N3O2S/c1-8-2-5-11-10(12-8)13-6-3-9(4-7-13)16(14)15/h2,5,9H,3-4,6-7H2,1H3,(H,14,15). The van der Waals surface area contributed by atoms with Gasteiger partial charge in [0.2, 0.25) is 5.95 Å². The molecule has 1 aliphatic rings. The molecule has 6 heteroatoms. The van der Waals surface area contributed by atoms with Gasteiger partial charge in [0.25, 0.3) is 0 Å². The minimum Gasteiger partial charge on any atom is -0.341 e. The van der Waals surface area contributed by atoms with Crippen molar-refractivity contribution >= 4 is 17.0 Å². The highest BCUT2D eigenvalue weighted by Gasteiger charge is 2.24. The number of nitrogens with zero attached hydrogens (tertiary/aromatic N) is 3. The highest BCUT2D eigenvalue weighted by atomic mass is 32.2. The molecule has 2 heterocycles.